The van der Waals surface area contributed by atoms with E-state index in [1.165, 1.54) is 0 Å². The summed E-state index contributed by atoms with van der Waals surface area (Å²) in [5.74, 6) is 3.03. The van der Waals surface area contributed by atoms with Gasteiger partial charge in [-0.1, -0.05) is 41.9 Å². The third-order valence-corrected chi connectivity index (χ3v) is 4.91. The second kappa shape index (κ2) is 10.4. The molecule has 3 aromatic carbocycles. The average molecular weight is 448 g/mol. The molecule has 4 rings (SSSR count). The number of hydrogen-bond acceptors (Lipinski definition) is 5. The van der Waals surface area contributed by atoms with Crippen LogP contribution in [0.25, 0.3) is 0 Å². The molecule has 1 N–H and O–H groups in total. The van der Waals surface area contributed by atoms with Crippen LogP contribution in [0.4, 0.5) is 0 Å². The molecule has 0 aliphatic carbocycles. The Morgan fingerprint density at radius 3 is 2.50 bits per heavy atom. The molecule has 1 aliphatic heterocycles. The molecule has 158 valence electrons. The third-order valence-electron chi connectivity index (χ3n) is 4.66. The summed E-state index contributed by atoms with van der Waals surface area (Å²) in [5, 5.41) is 4.16. The van der Waals surface area contributed by atoms with Crippen molar-refractivity contribution in [2.24, 2.45) is 0 Å². The topological polar surface area (TPSA) is 49.0 Å². The maximum absolute atomic E-state index is 6.10. The molecule has 0 bridgehead atoms. The Hall–Kier alpha value is -2.60. The zero-order valence-corrected chi connectivity index (χ0v) is 18.1. The molecule has 0 saturated heterocycles. The van der Waals surface area contributed by atoms with Crippen LogP contribution in [-0.4, -0.2) is 13.9 Å². The van der Waals surface area contributed by atoms with Crippen molar-refractivity contribution in [1.82, 2.24) is 5.32 Å². The number of hydrogen-bond donors (Lipinski definition) is 1. The molecule has 1 aliphatic rings. The van der Waals surface area contributed by atoms with Crippen LogP contribution in [0.1, 0.15) is 16.7 Å². The molecular weight excluding hydrogens is 425 g/mol. The van der Waals surface area contributed by atoms with Crippen molar-refractivity contribution in [2.45, 2.75) is 19.7 Å². The fourth-order valence-electron chi connectivity index (χ4n) is 3.15. The Labute approximate surface area is 187 Å². The SMILES string of the molecule is COc1cccc(CNCc2ccc3c(c2)OCO3)c1OCc1ccc(Cl)cc1.Cl. The maximum Gasteiger partial charge on any atom is 0.231 e. The fraction of sp³-hybridized carbons (Fsp3) is 0.217. The van der Waals surface area contributed by atoms with Crippen molar-refractivity contribution < 1.29 is 18.9 Å². The highest BCUT2D eigenvalue weighted by Gasteiger charge is 2.14. The van der Waals surface area contributed by atoms with Gasteiger partial charge in [0, 0.05) is 23.7 Å². The summed E-state index contributed by atoms with van der Waals surface area (Å²) in [7, 11) is 1.65. The number of rotatable bonds is 8. The van der Waals surface area contributed by atoms with Gasteiger partial charge in [-0.15, -0.1) is 12.4 Å². The quantitative estimate of drug-likeness (QED) is 0.502. The maximum atomic E-state index is 6.10. The molecule has 1 heterocycles. The van der Waals surface area contributed by atoms with E-state index >= 15 is 0 Å². The molecule has 3 aromatic rings. The van der Waals surface area contributed by atoms with Crippen LogP contribution >= 0.6 is 24.0 Å². The Morgan fingerprint density at radius 1 is 0.933 bits per heavy atom. The van der Waals surface area contributed by atoms with Crippen LogP contribution in [0, 0.1) is 0 Å². The molecule has 0 atom stereocenters. The summed E-state index contributed by atoms with van der Waals surface area (Å²) in [5.41, 5.74) is 3.19. The number of halogens is 2. The predicted molar refractivity (Wildman–Crippen MR) is 119 cm³/mol. The van der Waals surface area contributed by atoms with Gasteiger partial charge >= 0.3 is 0 Å². The zero-order chi connectivity index (χ0) is 20.1. The van der Waals surface area contributed by atoms with E-state index in [0.29, 0.717) is 30.5 Å². The average Bonchev–Trinajstić information content (AvgIpc) is 3.21. The van der Waals surface area contributed by atoms with E-state index in [-0.39, 0.29) is 19.2 Å². The van der Waals surface area contributed by atoms with Gasteiger partial charge in [0.25, 0.3) is 0 Å². The first kappa shape index (κ1) is 22.1. The minimum Gasteiger partial charge on any atom is -0.493 e. The summed E-state index contributed by atoms with van der Waals surface area (Å²) in [4.78, 5) is 0. The number of benzene rings is 3. The summed E-state index contributed by atoms with van der Waals surface area (Å²) in [6, 6.07) is 19.5. The Kier molecular flexibility index (Phi) is 7.69. The van der Waals surface area contributed by atoms with Crippen LogP contribution in [0.3, 0.4) is 0 Å². The Balaban J connectivity index is 0.00000256. The lowest BCUT2D eigenvalue weighted by Crippen LogP contribution is -2.14. The van der Waals surface area contributed by atoms with Crippen molar-refractivity contribution in [2.75, 3.05) is 13.9 Å². The van der Waals surface area contributed by atoms with E-state index < -0.39 is 0 Å². The first-order chi connectivity index (χ1) is 14.2. The highest BCUT2D eigenvalue weighted by atomic mass is 35.5. The minimum atomic E-state index is 0. The molecule has 0 fully saturated rings. The van der Waals surface area contributed by atoms with Crippen LogP contribution < -0.4 is 24.3 Å². The predicted octanol–water partition coefficient (Wildman–Crippen LogP) is 5.37. The summed E-state index contributed by atoms with van der Waals surface area (Å²) >= 11 is 5.96. The number of ether oxygens (including phenoxy) is 4. The van der Waals surface area contributed by atoms with Gasteiger partial charge in [-0.25, -0.2) is 0 Å². The third kappa shape index (κ3) is 5.30. The van der Waals surface area contributed by atoms with Gasteiger partial charge in [-0.2, -0.15) is 0 Å². The Morgan fingerprint density at radius 2 is 1.70 bits per heavy atom. The standard InChI is InChI=1S/C23H22ClNO4.ClH/c1-26-21-4-2-3-18(23(21)27-14-16-5-8-19(24)9-6-16)13-25-12-17-7-10-20-22(11-17)29-15-28-20;/h2-11,25H,12-15H2,1H3;1H. The van der Waals surface area contributed by atoms with Gasteiger partial charge in [0.1, 0.15) is 6.61 Å². The monoisotopic (exact) mass is 447 g/mol. The van der Waals surface area contributed by atoms with Crippen molar-refractivity contribution in [1.29, 1.82) is 0 Å². The van der Waals surface area contributed by atoms with E-state index in [9.17, 15) is 0 Å². The molecule has 0 saturated carbocycles. The lowest BCUT2D eigenvalue weighted by molar-refractivity contribution is 0.174. The van der Waals surface area contributed by atoms with E-state index in [0.717, 1.165) is 33.9 Å². The first-order valence-electron chi connectivity index (χ1n) is 9.35. The second-order valence-electron chi connectivity index (χ2n) is 6.65. The largest absolute Gasteiger partial charge is 0.493 e. The molecule has 0 amide bonds. The number of para-hydroxylation sites is 1. The zero-order valence-electron chi connectivity index (χ0n) is 16.5. The molecule has 0 radical (unpaired) electrons. The smallest absolute Gasteiger partial charge is 0.231 e. The molecule has 30 heavy (non-hydrogen) atoms. The van der Waals surface area contributed by atoms with Gasteiger partial charge in [0.15, 0.2) is 23.0 Å². The van der Waals surface area contributed by atoms with E-state index in [4.69, 9.17) is 30.5 Å². The van der Waals surface area contributed by atoms with Gasteiger partial charge < -0.3 is 24.3 Å². The van der Waals surface area contributed by atoms with Crippen LogP contribution in [0.15, 0.2) is 60.7 Å². The van der Waals surface area contributed by atoms with Crippen molar-refractivity contribution in [3.05, 3.63) is 82.4 Å². The van der Waals surface area contributed by atoms with Gasteiger partial charge in [0.05, 0.1) is 7.11 Å². The number of fused-ring (bicyclic) bond motifs is 1. The molecule has 7 heteroatoms. The summed E-state index contributed by atoms with van der Waals surface area (Å²) in [6.45, 7) is 2.06. The Bertz CT molecular complexity index is 979. The van der Waals surface area contributed by atoms with Crippen molar-refractivity contribution >= 4 is 24.0 Å². The van der Waals surface area contributed by atoms with Gasteiger partial charge in [-0.05, 0) is 41.5 Å². The van der Waals surface area contributed by atoms with Crippen LogP contribution in [0.2, 0.25) is 5.02 Å². The highest BCUT2D eigenvalue weighted by Crippen LogP contribution is 2.33. The van der Waals surface area contributed by atoms with Gasteiger partial charge in [-0.3, -0.25) is 0 Å². The normalized spacial score (nSPS) is 11.7. The van der Waals surface area contributed by atoms with E-state index in [1.807, 2.05) is 60.7 Å². The minimum absolute atomic E-state index is 0. The summed E-state index contributed by atoms with van der Waals surface area (Å²) in [6.07, 6.45) is 0. The first-order valence-corrected chi connectivity index (χ1v) is 9.73. The van der Waals surface area contributed by atoms with Crippen LogP contribution in [0.5, 0.6) is 23.0 Å². The summed E-state index contributed by atoms with van der Waals surface area (Å²) < 4.78 is 22.4. The lowest BCUT2D eigenvalue weighted by atomic mass is 10.1. The van der Waals surface area contributed by atoms with E-state index in [1.54, 1.807) is 7.11 Å². The van der Waals surface area contributed by atoms with Gasteiger partial charge in [0.2, 0.25) is 6.79 Å². The highest BCUT2D eigenvalue weighted by molar-refractivity contribution is 6.30. The van der Waals surface area contributed by atoms with Crippen LogP contribution in [-0.2, 0) is 19.7 Å². The number of methoxy groups -OCH3 is 1. The molecule has 0 aromatic heterocycles. The molecule has 5 nitrogen and oxygen atoms in total. The van der Waals surface area contributed by atoms with Crippen molar-refractivity contribution in [3.8, 4) is 23.0 Å². The fourth-order valence-corrected chi connectivity index (χ4v) is 3.28. The van der Waals surface area contributed by atoms with E-state index in [2.05, 4.69) is 5.32 Å². The second-order valence-corrected chi connectivity index (χ2v) is 7.09. The molecular formula is C23H23Cl2NO4. The lowest BCUT2D eigenvalue weighted by Gasteiger charge is -2.16. The number of nitrogens with one attached hydrogen (secondary N) is 1. The molecule has 0 unspecified atom stereocenters. The molecule has 0 spiro atoms. The van der Waals surface area contributed by atoms with Crippen molar-refractivity contribution in [3.63, 3.8) is 0 Å².